The Morgan fingerprint density at radius 1 is 1.42 bits per heavy atom. The predicted octanol–water partition coefficient (Wildman–Crippen LogP) is 2.49. The van der Waals surface area contributed by atoms with Gasteiger partial charge in [-0.2, -0.15) is 0 Å². The molecule has 1 nitrogen and oxygen atoms in total. The molecule has 1 aromatic heterocycles. The number of hydrogen-bond donors (Lipinski definition) is 0. The SMILES string of the molecule is C#Cc1cncc(C)c1C(C)C. The van der Waals surface area contributed by atoms with Crippen molar-refractivity contribution < 1.29 is 0 Å². The summed E-state index contributed by atoms with van der Waals surface area (Å²) in [4.78, 5) is 4.06. The Hall–Kier alpha value is -1.29. The Morgan fingerprint density at radius 2 is 2.08 bits per heavy atom. The second-order valence-corrected chi connectivity index (χ2v) is 3.22. The van der Waals surface area contributed by atoms with E-state index in [0.717, 1.165) is 5.56 Å². The van der Waals surface area contributed by atoms with Crippen molar-refractivity contribution in [2.24, 2.45) is 0 Å². The van der Waals surface area contributed by atoms with Gasteiger partial charge in [-0.3, -0.25) is 4.98 Å². The third kappa shape index (κ3) is 1.48. The molecule has 0 bridgehead atoms. The molecule has 62 valence electrons. The Morgan fingerprint density at radius 3 is 2.50 bits per heavy atom. The van der Waals surface area contributed by atoms with E-state index in [9.17, 15) is 0 Å². The first-order valence-electron chi connectivity index (χ1n) is 4.08. The number of hydrogen-bond acceptors (Lipinski definition) is 1. The molecule has 12 heavy (non-hydrogen) atoms. The summed E-state index contributed by atoms with van der Waals surface area (Å²) >= 11 is 0. The highest BCUT2D eigenvalue weighted by Gasteiger charge is 2.07. The molecule has 0 atom stereocenters. The van der Waals surface area contributed by atoms with Crippen LogP contribution in [-0.4, -0.2) is 4.98 Å². The van der Waals surface area contributed by atoms with Gasteiger partial charge in [0.2, 0.25) is 0 Å². The quantitative estimate of drug-likeness (QED) is 0.574. The minimum atomic E-state index is 0.471. The molecule has 0 aliphatic carbocycles. The molecule has 1 heterocycles. The van der Waals surface area contributed by atoms with Crippen LogP contribution in [0.25, 0.3) is 0 Å². The third-order valence-corrected chi connectivity index (χ3v) is 1.92. The Kier molecular flexibility index (Phi) is 2.50. The van der Waals surface area contributed by atoms with E-state index in [1.165, 1.54) is 11.1 Å². The molecular formula is C11H13N. The van der Waals surface area contributed by atoms with E-state index in [1.54, 1.807) is 6.20 Å². The predicted molar refractivity (Wildman–Crippen MR) is 51.0 cm³/mol. The van der Waals surface area contributed by atoms with Gasteiger partial charge in [0.15, 0.2) is 0 Å². The van der Waals surface area contributed by atoms with Crippen LogP contribution in [-0.2, 0) is 0 Å². The summed E-state index contributed by atoms with van der Waals surface area (Å²) in [5.74, 6) is 3.13. The van der Waals surface area contributed by atoms with Crippen LogP contribution in [0.15, 0.2) is 12.4 Å². The van der Waals surface area contributed by atoms with E-state index in [0.29, 0.717) is 5.92 Å². The minimum Gasteiger partial charge on any atom is -0.263 e. The van der Waals surface area contributed by atoms with Gasteiger partial charge < -0.3 is 0 Å². The lowest BCUT2D eigenvalue weighted by Gasteiger charge is -2.10. The van der Waals surface area contributed by atoms with Crippen molar-refractivity contribution >= 4 is 0 Å². The molecule has 0 amide bonds. The number of aryl methyl sites for hydroxylation is 1. The average molecular weight is 159 g/mol. The van der Waals surface area contributed by atoms with Crippen molar-refractivity contribution in [3.8, 4) is 12.3 Å². The first kappa shape index (κ1) is 8.80. The monoisotopic (exact) mass is 159 g/mol. The van der Waals surface area contributed by atoms with Crippen LogP contribution in [0, 0.1) is 19.3 Å². The van der Waals surface area contributed by atoms with Crippen LogP contribution >= 0.6 is 0 Å². The number of terminal acetylenes is 1. The van der Waals surface area contributed by atoms with Gasteiger partial charge in [-0.25, -0.2) is 0 Å². The first-order valence-corrected chi connectivity index (χ1v) is 4.08. The minimum absolute atomic E-state index is 0.471. The molecular weight excluding hydrogens is 146 g/mol. The lowest BCUT2D eigenvalue weighted by Crippen LogP contribution is -1.97. The van der Waals surface area contributed by atoms with Crippen molar-refractivity contribution in [3.63, 3.8) is 0 Å². The molecule has 0 aliphatic heterocycles. The van der Waals surface area contributed by atoms with Crippen LogP contribution in [0.3, 0.4) is 0 Å². The second-order valence-electron chi connectivity index (χ2n) is 3.22. The van der Waals surface area contributed by atoms with Gasteiger partial charge in [-0.15, -0.1) is 6.42 Å². The fourth-order valence-electron chi connectivity index (χ4n) is 1.46. The summed E-state index contributed by atoms with van der Waals surface area (Å²) in [5.41, 5.74) is 3.35. The molecule has 0 aromatic carbocycles. The highest BCUT2D eigenvalue weighted by atomic mass is 14.6. The molecule has 1 rings (SSSR count). The van der Waals surface area contributed by atoms with Gasteiger partial charge in [0.25, 0.3) is 0 Å². The van der Waals surface area contributed by atoms with Gasteiger partial charge in [0, 0.05) is 18.0 Å². The maximum Gasteiger partial charge on any atom is 0.0463 e. The summed E-state index contributed by atoms with van der Waals surface area (Å²) < 4.78 is 0. The Bertz CT molecular complexity index is 318. The lowest BCUT2D eigenvalue weighted by molar-refractivity contribution is 0.848. The van der Waals surface area contributed by atoms with Gasteiger partial charge in [-0.1, -0.05) is 19.8 Å². The topological polar surface area (TPSA) is 12.9 Å². The van der Waals surface area contributed by atoms with E-state index in [2.05, 4.69) is 24.8 Å². The smallest absolute Gasteiger partial charge is 0.0463 e. The van der Waals surface area contributed by atoms with Crippen LogP contribution in [0.4, 0.5) is 0 Å². The molecule has 0 saturated heterocycles. The number of rotatable bonds is 1. The van der Waals surface area contributed by atoms with Crippen molar-refractivity contribution in [2.45, 2.75) is 26.7 Å². The fourth-order valence-corrected chi connectivity index (χ4v) is 1.46. The van der Waals surface area contributed by atoms with Crippen molar-refractivity contribution in [2.75, 3.05) is 0 Å². The molecule has 0 spiro atoms. The lowest BCUT2D eigenvalue weighted by atomic mass is 9.95. The summed E-state index contributed by atoms with van der Waals surface area (Å²) in [6.07, 6.45) is 8.98. The Balaban J connectivity index is 3.32. The zero-order valence-corrected chi connectivity index (χ0v) is 7.76. The van der Waals surface area contributed by atoms with E-state index < -0.39 is 0 Å². The largest absolute Gasteiger partial charge is 0.263 e. The summed E-state index contributed by atoms with van der Waals surface area (Å²) in [5, 5.41) is 0. The molecule has 0 N–H and O–H groups in total. The van der Waals surface area contributed by atoms with Gasteiger partial charge in [0.1, 0.15) is 0 Å². The zero-order valence-electron chi connectivity index (χ0n) is 7.76. The van der Waals surface area contributed by atoms with E-state index in [1.807, 2.05) is 13.1 Å². The first-order chi connectivity index (χ1) is 5.66. The third-order valence-electron chi connectivity index (χ3n) is 1.92. The highest BCUT2D eigenvalue weighted by molar-refractivity contribution is 5.43. The van der Waals surface area contributed by atoms with Crippen LogP contribution in [0.5, 0.6) is 0 Å². The molecule has 0 fully saturated rings. The van der Waals surface area contributed by atoms with Gasteiger partial charge in [-0.05, 0) is 24.0 Å². The van der Waals surface area contributed by atoms with Crippen molar-refractivity contribution in [3.05, 3.63) is 29.1 Å². The van der Waals surface area contributed by atoms with Crippen LogP contribution < -0.4 is 0 Å². The Labute approximate surface area is 73.8 Å². The molecule has 1 aromatic rings. The normalized spacial score (nSPS) is 9.92. The molecule has 1 heteroatoms. The molecule has 0 unspecified atom stereocenters. The fraction of sp³-hybridized carbons (Fsp3) is 0.364. The summed E-state index contributed by atoms with van der Waals surface area (Å²) in [6, 6.07) is 0. The van der Waals surface area contributed by atoms with E-state index in [-0.39, 0.29) is 0 Å². The summed E-state index contributed by atoms with van der Waals surface area (Å²) in [6.45, 7) is 6.33. The van der Waals surface area contributed by atoms with E-state index in [4.69, 9.17) is 6.42 Å². The molecule has 0 aliphatic rings. The maximum absolute atomic E-state index is 5.37. The van der Waals surface area contributed by atoms with Gasteiger partial charge in [0.05, 0.1) is 0 Å². The zero-order chi connectivity index (χ0) is 9.14. The standard InChI is InChI=1S/C11H13N/c1-5-10-7-12-6-9(4)11(10)8(2)3/h1,6-8H,2-4H3. The second kappa shape index (κ2) is 3.40. The number of pyridine rings is 1. The van der Waals surface area contributed by atoms with Crippen LogP contribution in [0.1, 0.15) is 36.5 Å². The number of aromatic nitrogens is 1. The van der Waals surface area contributed by atoms with Gasteiger partial charge >= 0.3 is 0 Å². The number of nitrogens with zero attached hydrogens (tertiary/aromatic N) is 1. The van der Waals surface area contributed by atoms with Crippen molar-refractivity contribution in [1.29, 1.82) is 0 Å². The van der Waals surface area contributed by atoms with E-state index >= 15 is 0 Å². The van der Waals surface area contributed by atoms with Crippen molar-refractivity contribution in [1.82, 2.24) is 4.98 Å². The van der Waals surface area contributed by atoms with Crippen LogP contribution in [0.2, 0.25) is 0 Å². The molecule has 0 saturated carbocycles. The highest BCUT2D eigenvalue weighted by Crippen LogP contribution is 2.21. The summed E-state index contributed by atoms with van der Waals surface area (Å²) in [7, 11) is 0. The average Bonchev–Trinajstić information content (AvgIpc) is 2.03. The maximum atomic E-state index is 5.37. The molecule has 0 radical (unpaired) electrons.